The smallest absolute Gasteiger partial charge is 0.222 e. The molecule has 0 unspecified atom stereocenters. The van der Waals surface area contributed by atoms with Gasteiger partial charge >= 0.3 is 0 Å². The predicted octanol–water partition coefficient (Wildman–Crippen LogP) is 2.67. The summed E-state index contributed by atoms with van der Waals surface area (Å²) in [5.41, 5.74) is 9.27. The van der Waals surface area contributed by atoms with Gasteiger partial charge in [0.15, 0.2) is 0 Å². The number of aliphatic hydroxyl groups is 1. The Hall–Kier alpha value is -2.32. The van der Waals surface area contributed by atoms with Gasteiger partial charge in [-0.25, -0.2) is 9.97 Å². The average Bonchev–Trinajstić information content (AvgIpc) is 3.14. The zero-order chi connectivity index (χ0) is 17.6. The number of nitrogens with zero attached hydrogens (tertiary/aromatic N) is 4. The summed E-state index contributed by atoms with van der Waals surface area (Å²) in [6.07, 6.45) is 4.14. The Balaban J connectivity index is 1.83. The van der Waals surface area contributed by atoms with E-state index in [1.807, 2.05) is 19.9 Å². The van der Waals surface area contributed by atoms with Crippen molar-refractivity contribution in [2.75, 3.05) is 11.1 Å². The molecule has 25 heavy (non-hydrogen) atoms. The van der Waals surface area contributed by atoms with Crippen LogP contribution in [0.2, 0.25) is 0 Å². The molecule has 0 bridgehead atoms. The monoisotopic (exact) mass is 356 g/mol. The van der Waals surface area contributed by atoms with Crippen molar-refractivity contribution in [1.29, 1.82) is 0 Å². The van der Waals surface area contributed by atoms with E-state index in [-0.39, 0.29) is 18.1 Å². The number of nitrogen functional groups attached to an aromatic ring is 1. The van der Waals surface area contributed by atoms with Crippen LogP contribution in [0.1, 0.15) is 30.7 Å². The molecule has 0 aromatic carbocycles. The standard InChI is InChI=1S/C17H20N6OS/c1-8-13(16-22-14-9(2)19-7-6-12(14)25-16)15(23-17(18)20-8)21-10-4-3-5-11(10)24/h6-7,10-11,24H,3-5H2,1-2H3,(H3,18,20,21,23)/t10-,11-/m0/s1. The maximum Gasteiger partial charge on any atom is 0.222 e. The van der Waals surface area contributed by atoms with E-state index in [2.05, 4.69) is 20.3 Å². The highest BCUT2D eigenvalue weighted by molar-refractivity contribution is 7.21. The lowest BCUT2D eigenvalue weighted by molar-refractivity contribution is 0.171. The van der Waals surface area contributed by atoms with Gasteiger partial charge in [-0.3, -0.25) is 4.98 Å². The van der Waals surface area contributed by atoms with Crippen LogP contribution in [0.5, 0.6) is 0 Å². The molecule has 0 saturated heterocycles. The van der Waals surface area contributed by atoms with E-state index in [1.54, 1.807) is 17.5 Å². The first-order chi connectivity index (χ1) is 12.0. The van der Waals surface area contributed by atoms with E-state index in [0.29, 0.717) is 5.82 Å². The molecular formula is C17H20N6OS. The van der Waals surface area contributed by atoms with Crippen LogP contribution in [0.3, 0.4) is 0 Å². The van der Waals surface area contributed by atoms with Crippen molar-refractivity contribution in [3.05, 3.63) is 23.7 Å². The third kappa shape index (κ3) is 2.91. The second-order valence-electron chi connectivity index (χ2n) is 6.40. The molecule has 1 aliphatic carbocycles. The fourth-order valence-corrected chi connectivity index (χ4v) is 4.44. The molecule has 2 atom stereocenters. The van der Waals surface area contributed by atoms with Gasteiger partial charge in [-0.05, 0) is 39.2 Å². The lowest BCUT2D eigenvalue weighted by Gasteiger charge is -2.19. The Kier molecular flexibility index (Phi) is 4.01. The topological polar surface area (TPSA) is 110 Å². The maximum absolute atomic E-state index is 10.1. The Labute approximate surface area is 149 Å². The van der Waals surface area contributed by atoms with Gasteiger partial charge in [-0.2, -0.15) is 4.98 Å². The Morgan fingerprint density at radius 1 is 1.20 bits per heavy atom. The zero-order valence-electron chi connectivity index (χ0n) is 14.2. The largest absolute Gasteiger partial charge is 0.391 e. The molecule has 3 aromatic heterocycles. The SMILES string of the molecule is Cc1nc(N)nc(N[C@H]2CCC[C@@H]2O)c1-c1nc2c(C)nccc2s1. The van der Waals surface area contributed by atoms with Crippen molar-refractivity contribution >= 4 is 33.3 Å². The number of aryl methyl sites for hydroxylation is 2. The van der Waals surface area contributed by atoms with Crippen LogP contribution in [-0.2, 0) is 0 Å². The number of pyridine rings is 1. The van der Waals surface area contributed by atoms with Crippen LogP contribution in [0.4, 0.5) is 11.8 Å². The van der Waals surface area contributed by atoms with Crippen LogP contribution in [0, 0.1) is 13.8 Å². The fourth-order valence-electron chi connectivity index (χ4n) is 3.33. The average molecular weight is 356 g/mol. The quantitative estimate of drug-likeness (QED) is 0.662. The minimum Gasteiger partial charge on any atom is -0.391 e. The number of nitrogens with one attached hydrogen (secondary N) is 1. The highest BCUT2D eigenvalue weighted by Gasteiger charge is 2.27. The van der Waals surface area contributed by atoms with E-state index in [1.165, 1.54) is 0 Å². The summed E-state index contributed by atoms with van der Waals surface area (Å²) in [6, 6.07) is 1.94. The lowest BCUT2D eigenvalue weighted by atomic mass is 10.1. The maximum atomic E-state index is 10.1. The first-order valence-electron chi connectivity index (χ1n) is 8.34. The summed E-state index contributed by atoms with van der Waals surface area (Å²) in [6.45, 7) is 3.85. The van der Waals surface area contributed by atoms with Gasteiger partial charge in [0.1, 0.15) is 16.3 Å². The molecule has 4 N–H and O–H groups in total. The number of hydrogen-bond acceptors (Lipinski definition) is 8. The van der Waals surface area contributed by atoms with Crippen molar-refractivity contribution in [2.45, 2.75) is 45.3 Å². The van der Waals surface area contributed by atoms with Crippen LogP contribution in [0.25, 0.3) is 20.8 Å². The first kappa shape index (κ1) is 16.2. The number of thiazole rings is 1. The number of aromatic nitrogens is 4. The second-order valence-corrected chi connectivity index (χ2v) is 7.43. The molecule has 1 fully saturated rings. The molecule has 3 aromatic rings. The molecule has 8 heteroatoms. The van der Waals surface area contributed by atoms with Gasteiger partial charge in [0.25, 0.3) is 0 Å². The summed E-state index contributed by atoms with van der Waals surface area (Å²) in [5, 5.41) is 14.3. The molecule has 1 saturated carbocycles. The number of nitrogens with two attached hydrogens (primary N) is 1. The van der Waals surface area contributed by atoms with Crippen molar-refractivity contribution < 1.29 is 5.11 Å². The molecular weight excluding hydrogens is 336 g/mol. The summed E-state index contributed by atoms with van der Waals surface area (Å²) >= 11 is 1.58. The van der Waals surface area contributed by atoms with Gasteiger partial charge < -0.3 is 16.2 Å². The third-order valence-corrected chi connectivity index (χ3v) is 5.65. The molecule has 0 aliphatic heterocycles. The summed E-state index contributed by atoms with van der Waals surface area (Å²) in [5.74, 6) is 0.857. The Morgan fingerprint density at radius 3 is 2.76 bits per heavy atom. The highest BCUT2D eigenvalue weighted by atomic mass is 32.1. The summed E-state index contributed by atoms with van der Waals surface area (Å²) in [7, 11) is 0. The van der Waals surface area contributed by atoms with Gasteiger partial charge in [0, 0.05) is 6.20 Å². The second kappa shape index (κ2) is 6.20. The van der Waals surface area contributed by atoms with E-state index in [4.69, 9.17) is 10.7 Å². The fraction of sp³-hybridized carbons (Fsp3) is 0.412. The van der Waals surface area contributed by atoms with Crippen molar-refractivity contribution in [2.24, 2.45) is 0 Å². The molecule has 1 aliphatic rings. The van der Waals surface area contributed by atoms with Gasteiger partial charge in [0.05, 0.1) is 33.8 Å². The van der Waals surface area contributed by atoms with E-state index in [0.717, 1.165) is 51.4 Å². The minimum absolute atomic E-state index is 0.0229. The van der Waals surface area contributed by atoms with Crippen molar-refractivity contribution in [3.63, 3.8) is 0 Å². The van der Waals surface area contributed by atoms with E-state index in [9.17, 15) is 5.11 Å². The molecule has 130 valence electrons. The Bertz CT molecular complexity index is 940. The van der Waals surface area contributed by atoms with Crippen molar-refractivity contribution in [1.82, 2.24) is 19.9 Å². The van der Waals surface area contributed by atoms with Gasteiger partial charge in [-0.15, -0.1) is 11.3 Å². The normalized spacial score (nSPS) is 20.3. The Morgan fingerprint density at radius 2 is 2.04 bits per heavy atom. The molecule has 0 amide bonds. The number of hydrogen-bond donors (Lipinski definition) is 3. The minimum atomic E-state index is -0.369. The summed E-state index contributed by atoms with van der Waals surface area (Å²) in [4.78, 5) is 17.8. The summed E-state index contributed by atoms with van der Waals surface area (Å²) < 4.78 is 1.07. The number of fused-ring (bicyclic) bond motifs is 1. The van der Waals surface area contributed by atoms with E-state index < -0.39 is 0 Å². The number of aliphatic hydroxyl groups excluding tert-OH is 1. The number of anilines is 2. The zero-order valence-corrected chi connectivity index (χ0v) is 15.0. The van der Waals surface area contributed by atoms with Crippen molar-refractivity contribution in [3.8, 4) is 10.6 Å². The van der Waals surface area contributed by atoms with Crippen LogP contribution in [-0.4, -0.2) is 37.2 Å². The van der Waals surface area contributed by atoms with Crippen LogP contribution in [0.15, 0.2) is 12.3 Å². The molecule has 7 nitrogen and oxygen atoms in total. The first-order valence-corrected chi connectivity index (χ1v) is 9.16. The van der Waals surface area contributed by atoms with E-state index >= 15 is 0 Å². The number of rotatable bonds is 3. The lowest BCUT2D eigenvalue weighted by Crippen LogP contribution is -2.29. The van der Waals surface area contributed by atoms with Gasteiger partial charge in [-0.1, -0.05) is 0 Å². The predicted molar refractivity (Wildman–Crippen MR) is 99.6 cm³/mol. The van der Waals surface area contributed by atoms with Crippen LogP contribution < -0.4 is 11.1 Å². The van der Waals surface area contributed by atoms with Gasteiger partial charge in [0.2, 0.25) is 5.95 Å². The third-order valence-electron chi connectivity index (χ3n) is 4.61. The molecule has 3 heterocycles. The van der Waals surface area contributed by atoms with Crippen LogP contribution >= 0.6 is 11.3 Å². The highest BCUT2D eigenvalue weighted by Crippen LogP contribution is 2.37. The molecule has 4 rings (SSSR count). The molecule has 0 radical (unpaired) electrons. The molecule has 0 spiro atoms.